The summed E-state index contributed by atoms with van der Waals surface area (Å²) in [6.45, 7) is 4.80. The molecule has 0 bridgehead atoms. The molecule has 98 valence electrons. The van der Waals surface area contributed by atoms with E-state index in [1.54, 1.807) is 11.3 Å². The molecular formula is C12H21ClN2OS. The van der Waals surface area contributed by atoms with Crippen LogP contribution in [0.3, 0.4) is 0 Å². The van der Waals surface area contributed by atoms with E-state index in [1.807, 2.05) is 5.38 Å². The Bertz CT molecular complexity index is 314. The van der Waals surface area contributed by atoms with E-state index in [4.69, 9.17) is 5.73 Å². The van der Waals surface area contributed by atoms with Gasteiger partial charge in [-0.25, -0.2) is 0 Å². The van der Waals surface area contributed by atoms with Crippen molar-refractivity contribution in [3.63, 3.8) is 0 Å². The molecule has 1 atom stereocenters. The van der Waals surface area contributed by atoms with Crippen LogP contribution in [0.15, 0.2) is 16.8 Å². The fourth-order valence-corrected chi connectivity index (χ4v) is 2.21. The zero-order valence-corrected chi connectivity index (χ0v) is 11.9. The summed E-state index contributed by atoms with van der Waals surface area (Å²) in [5.41, 5.74) is 7.03. The molecule has 0 radical (unpaired) electrons. The lowest BCUT2D eigenvalue weighted by molar-refractivity contribution is -0.122. The summed E-state index contributed by atoms with van der Waals surface area (Å²) in [5, 5.41) is 7.01. The molecule has 0 aliphatic carbocycles. The Balaban J connectivity index is 0.00000256. The molecule has 0 unspecified atom stereocenters. The second kappa shape index (κ2) is 8.50. The predicted molar refractivity (Wildman–Crippen MR) is 75.7 cm³/mol. The molecular weight excluding hydrogens is 256 g/mol. The van der Waals surface area contributed by atoms with E-state index in [9.17, 15) is 4.79 Å². The Kier molecular flexibility index (Phi) is 8.21. The quantitative estimate of drug-likeness (QED) is 0.837. The van der Waals surface area contributed by atoms with Crippen LogP contribution in [-0.4, -0.2) is 18.5 Å². The van der Waals surface area contributed by atoms with E-state index in [1.165, 1.54) is 5.56 Å². The first-order chi connectivity index (χ1) is 7.59. The Morgan fingerprint density at radius 1 is 1.53 bits per heavy atom. The first-order valence-corrected chi connectivity index (χ1v) is 6.58. The van der Waals surface area contributed by atoms with E-state index >= 15 is 0 Å². The fraction of sp³-hybridized carbons (Fsp3) is 0.583. The van der Waals surface area contributed by atoms with Crippen LogP contribution in [0, 0.1) is 5.92 Å². The van der Waals surface area contributed by atoms with Crippen LogP contribution in [-0.2, 0) is 11.2 Å². The zero-order chi connectivity index (χ0) is 12.0. The number of nitrogens with two attached hydrogens (primary N) is 1. The lowest BCUT2D eigenvalue weighted by Crippen LogP contribution is -2.42. The first-order valence-electron chi connectivity index (χ1n) is 5.64. The average Bonchev–Trinajstić information content (AvgIpc) is 2.69. The maximum absolute atomic E-state index is 11.6. The molecule has 0 aromatic carbocycles. The van der Waals surface area contributed by atoms with Gasteiger partial charge in [-0.1, -0.05) is 13.8 Å². The van der Waals surface area contributed by atoms with Gasteiger partial charge in [0, 0.05) is 6.54 Å². The van der Waals surface area contributed by atoms with Gasteiger partial charge in [-0.15, -0.1) is 12.4 Å². The van der Waals surface area contributed by atoms with E-state index in [-0.39, 0.29) is 24.4 Å². The summed E-state index contributed by atoms with van der Waals surface area (Å²) in [4.78, 5) is 11.6. The molecule has 0 aliphatic heterocycles. The summed E-state index contributed by atoms with van der Waals surface area (Å²) in [7, 11) is 0. The highest BCUT2D eigenvalue weighted by Gasteiger charge is 2.13. The Hall–Kier alpha value is -0.580. The summed E-state index contributed by atoms with van der Waals surface area (Å²) in [5.74, 6) is 0.418. The molecule has 1 amide bonds. The second-order valence-electron chi connectivity index (χ2n) is 4.41. The van der Waals surface area contributed by atoms with Crippen molar-refractivity contribution in [3.8, 4) is 0 Å². The van der Waals surface area contributed by atoms with Crippen LogP contribution in [0.25, 0.3) is 0 Å². The summed E-state index contributed by atoms with van der Waals surface area (Å²) in [6.07, 6.45) is 1.62. The Morgan fingerprint density at radius 2 is 2.24 bits per heavy atom. The number of nitrogens with one attached hydrogen (secondary N) is 1. The molecule has 1 aromatic rings. The van der Waals surface area contributed by atoms with Gasteiger partial charge in [0.05, 0.1) is 6.04 Å². The molecule has 1 rings (SSSR count). The third-order valence-corrected chi connectivity index (χ3v) is 3.09. The van der Waals surface area contributed by atoms with E-state index in [0.717, 1.165) is 12.8 Å². The fourth-order valence-electron chi connectivity index (χ4n) is 1.51. The molecule has 0 spiro atoms. The van der Waals surface area contributed by atoms with Gasteiger partial charge in [-0.3, -0.25) is 4.79 Å². The summed E-state index contributed by atoms with van der Waals surface area (Å²) < 4.78 is 0. The number of hydrogen-bond acceptors (Lipinski definition) is 3. The zero-order valence-electron chi connectivity index (χ0n) is 10.3. The van der Waals surface area contributed by atoms with Gasteiger partial charge >= 0.3 is 0 Å². The van der Waals surface area contributed by atoms with Crippen LogP contribution in [0.1, 0.15) is 25.8 Å². The smallest absolute Gasteiger partial charge is 0.236 e. The Morgan fingerprint density at radius 3 is 2.76 bits per heavy atom. The van der Waals surface area contributed by atoms with Gasteiger partial charge in [0.25, 0.3) is 0 Å². The van der Waals surface area contributed by atoms with Crippen molar-refractivity contribution in [2.45, 2.75) is 32.7 Å². The topological polar surface area (TPSA) is 55.1 Å². The van der Waals surface area contributed by atoms with Gasteiger partial charge in [-0.2, -0.15) is 11.3 Å². The van der Waals surface area contributed by atoms with Crippen molar-refractivity contribution in [3.05, 3.63) is 22.4 Å². The predicted octanol–water partition coefficient (Wildman–Crippen LogP) is 2.20. The normalized spacial score (nSPS) is 12.0. The van der Waals surface area contributed by atoms with Crippen molar-refractivity contribution in [2.75, 3.05) is 6.54 Å². The molecule has 0 aliphatic rings. The maximum Gasteiger partial charge on any atom is 0.236 e. The number of rotatable bonds is 6. The number of carbonyl (C=O) groups excluding carboxylic acids is 1. The van der Waals surface area contributed by atoms with Crippen LogP contribution in [0.5, 0.6) is 0 Å². The maximum atomic E-state index is 11.6. The summed E-state index contributed by atoms with van der Waals surface area (Å²) in [6, 6.07) is 1.70. The van der Waals surface area contributed by atoms with Gasteiger partial charge in [0.2, 0.25) is 5.91 Å². The average molecular weight is 277 g/mol. The number of amides is 1. The Labute approximate surface area is 113 Å². The standard InChI is InChI=1S/C12H20N2OS.ClH/c1-9(2)7-11(13)12(15)14-5-3-10-4-6-16-8-10;/h4,6,8-9,11H,3,5,7,13H2,1-2H3,(H,14,15);1H/t11-;/m0./s1. The van der Waals surface area contributed by atoms with Crippen LogP contribution in [0.4, 0.5) is 0 Å². The molecule has 1 heterocycles. The van der Waals surface area contributed by atoms with E-state index in [0.29, 0.717) is 12.5 Å². The highest BCUT2D eigenvalue weighted by Crippen LogP contribution is 2.06. The lowest BCUT2D eigenvalue weighted by Gasteiger charge is -2.13. The van der Waals surface area contributed by atoms with Crippen molar-refractivity contribution < 1.29 is 4.79 Å². The van der Waals surface area contributed by atoms with Crippen LogP contribution < -0.4 is 11.1 Å². The number of thiophene rings is 1. The van der Waals surface area contributed by atoms with Gasteiger partial charge in [-0.05, 0) is 41.1 Å². The highest BCUT2D eigenvalue weighted by molar-refractivity contribution is 7.07. The molecule has 0 saturated heterocycles. The minimum Gasteiger partial charge on any atom is -0.354 e. The largest absolute Gasteiger partial charge is 0.354 e. The molecule has 1 aromatic heterocycles. The van der Waals surface area contributed by atoms with Crippen LogP contribution in [0.2, 0.25) is 0 Å². The first kappa shape index (κ1) is 16.4. The van der Waals surface area contributed by atoms with Crippen molar-refractivity contribution in [1.29, 1.82) is 0 Å². The molecule has 17 heavy (non-hydrogen) atoms. The molecule has 5 heteroatoms. The lowest BCUT2D eigenvalue weighted by atomic mass is 10.0. The third kappa shape index (κ3) is 6.66. The number of hydrogen-bond donors (Lipinski definition) is 2. The summed E-state index contributed by atoms with van der Waals surface area (Å²) >= 11 is 1.68. The third-order valence-electron chi connectivity index (χ3n) is 2.36. The minimum atomic E-state index is -0.373. The molecule has 0 fully saturated rings. The molecule has 3 nitrogen and oxygen atoms in total. The van der Waals surface area contributed by atoms with Gasteiger partial charge in [0.15, 0.2) is 0 Å². The molecule has 0 saturated carbocycles. The minimum absolute atomic E-state index is 0. The highest BCUT2D eigenvalue weighted by atomic mass is 35.5. The van der Waals surface area contributed by atoms with Crippen molar-refractivity contribution in [2.24, 2.45) is 11.7 Å². The number of carbonyl (C=O) groups is 1. The van der Waals surface area contributed by atoms with E-state index in [2.05, 4.69) is 30.6 Å². The van der Waals surface area contributed by atoms with Crippen molar-refractivity contribution >= 4 is 29.7 Å². The van der Waals surface area contributed by atoms with Crippen molar-refractivity contribution in [1.82, 2.24) is 5.32 Å². The number of halogens is 1. The second-order valence-corrected chi connectivity index (χ2v) is 5.19. The SMILES string of the molecule is CC(C)C[C@H](N)C(=O)NCCc1ccsc1.Cl. The molecule has 3 N–H and O–H groups in total. The monoisotopic (exact) mass is 276 g/mol. The van der Waals surface area contributed by atoms with E-state index < -0.39 is 0 Å². The van der Waals surface area contributed by atoms with Crippen LogP contribution >= 0.6 is 23.7 Å². The van der Waals surface area contributed by atoms with Gasteiger partial charge in [0.1, 0.15) is 0 Å². The van der Waals surface area contributed by atoms with Gasteiger partial charge < -0.3 is 11.1 Å².